The fraction of sp³-hybridized carbons (Fsp3) is 0.273. The van der Waals surface area contributed by atoms with Crippen LogP contribution in [0.3, 0.4) is 0 Å². The molecule has 8 nitrogen and oxygen atoms in total. The Balaban J connectivity index is 1.82. The summed E-state index contributed by atoms with van der Waals surface area (Å²) in [6, 6.07) is 13.7. The lowest BCUT2D eigenvalue weighted by Gasteiger charge is -2.11. The van der Waals surface area contributed by atoms with Crippen molar-refractivity contribution in [2.45, 2.75) is 19.3 Å². The summed E-state index contributed by atoms with van der Waals surface area (Å²) in [7, 11) is 4.58. The molecule has 0 amide bonds. The molecular weight excluding hydrogens is 384 g/mol. The van der Waals surface area contributed by atoms with Crippen LogP contribution < -0.4 is 9.47 Å². The molecule has 8 heteroatoms. The van der Waals surface area contributed by atoms with Crippen LogP contribution in [0.15, 0.2) is 47.6 Å². The summed E-state index contributed by atoms with van der Waals surface area (Å²) in [5.74, 6) is 2.24. The number of benzene rings is 2. The number of fused-ring (bicyclic) bond motifs is 3. The number of hydrogen-bond acceptors (Lipinski definition) is 7. The molecular formula is C22H22N4O4. The van der Waals surface area contributed by atoms with Gasteiger partial charge in [0.15, 0.2) is 23.1 Å². The summed E-state index contributed by atoms with van der Waals surface area (Å²) < 4.78 is 17.3. The van der Waals surface area contributed by atoms with Crippen molar-refractivity contribution < 1.29 is 19.0 Å². The minimum absolute atomic E-state index is 0.206. The molecule has 0 bridgehead atoms. The molecule has 0 aliphatic carbocycles. The number of ether oxygens (including phenoxy) is 3. The molecule has 1 aromatic heterocycles. The number of carbonyl (C=O) groups excluding carboxylic acids is 1. The average Bonchev–Trinajstić information content (AvgIpc) is 3.10. The second-order valence-corrected chi connectivity index (χ2v) is 6.78. The topological polar surface area (TPSA) is 87.8 Å². The van der Waals surface area contributed by atoms with E-state index in [0.29, 0.717) is 36.0 Å². The van der Waals surface area contributed by atoms with Crippen LogP contribution in [-0.2, 0) is 22.4 Å². The zero-order valence-corrected chi connectivity index (χ0v) is 17.1. The SMILES string of the molecule is COC(=O)CCc1nnc2n1N=C(c1ccc(OC)c(OC)c1)Cc1ccccc1-2. The number of nitrogens with zero attached hydrogens (tertiary/aromatic N) is 4. The zero-order chi connectivity index (χ0) is 21.1. The van der Waals surface area contributed by atoms with E-state index in [-0.39, 0.29) is 12.4 Å². The van der Waals surface area contributed by atoms with E-state index in [2.05, 4.69) is 16.3 Å². The van der Waals surface area contributed by atoms with E-state index in [4.69, 9.17) is 19.3 Å². The van der Waals surface area contributed by atoms with E-state index in [9.17, 15) is 4.79 Å². The van der Waals surface area contributed by atoms with E-state index < -0.39 is 0 Å². The maximum absolute atomic E-state index is 11.6. The van der Waals surface area contributed by atoms with E-state index >= 15 is 0 Å². The molecule has 30 heavy (non-hydrogen) atoms. The van der Waals surface area contributed by atoms with Gasteiger partial charge in [-0.05, 0) is 23.8 Å². The van der Waals surface area contributed by atoms with Crippen molar-refractivity contribution in [2.24, 2.45) is 5.10 Å². The van der Waals surface area contributed by atoms with Crippen molar-refractivity contribution in [3.05, 3.63) is 59.4 Å². The molecule has 2 heterocycles. The molecule has 0 atom stereocenters. The molecule has 0 saturated carbocycles. The van der Waals surface area contributed by atoms with Gasteiger partial charge in [0.05, 0.1) is 33.5 Å². The van der Waals surface area contributed by atoms with Gasteiger partial charge >= 0.3 is 5.97 Å². The second kappa shape index (κ2) is 8.36. The van der Waals surface area contributed by atoms with Crippen molar-refractivity contribution in [1.82, 2.24) is 14.9 Å². The van der Waals surface area contributed by atoms with Crippen LogP contribution in [0.5, 0.6) is 11.5 Å². The van der Waals surface area contributed by atoms with Gasteiger partial charge in [0.1, 0.15) is 0 Å². The predicted molar refractivity (Wildman–Crippen MR) is 111 cm³/mol. The van der Waals surface area contributed by atoms with Crippen LogP contribution in [0.4, 0.5) is 0 Å². The van der Waals surface area contributed by atoms with Crippen LogP contribution >= 0.6 is 0 Å². The Morgan fingerprint density at radius 2 is 1.83 bits per heavy atom. The number of aryl methyl sites for hydroxylation is 1. The molecule has 1 aliphatic rings. The first-order valence-electron chi connectivity index (χ1n) is 9.54. The van der Waals surface area contributed by atoms with Crippen molar-refractivity contribution in [3.8, 4) is 22.9 Å². The highest BCUT2D eigenvalue weighted by Gasteiger charge is 2.23. The Kier molecular flexibility index (Phi) is 5.47. The Bertz CT molecular complexity index is 1120. The summed E-state index contributed by atoms with van der Waals surface area (Å²) in [4.78, 5) is 11.6. The molecule has 0 unspecified atom stereocenters. The minimum Gasteiger partial charge on any atom is -0.493 e. The zero-order valence-electron chi connectivity index (χ0n) is 17.1. The molecule has 154 valence electrons. The molecule has 3 aromatic rings. The molecule has 0 fully saturated rings. The Morgan fingerprint density at radius 3 is 2.60 bits per heavy atom. The van der Waals surface area contributed by atoms with Gasteiger partial charge < -0.3 is 14.2 Å². The average molecular weight is 406 g/mol. The van der Waals surface area contributed by atoms with E-state index in [1.165, 1.54) is 7.11 Å². The van der Waals surface area contributed by atoms with Gasteiger partial charge in [0, 0.05) is 24.0 Å². The van der Waals surface area contributed by atoms with Gasteiger partial charge in [-0.25, -0.2) is 0 Å². The normalized spacial score (nSPS) is 12.3. The maximum atomic E-state index is 11.6. The minimum atomic E-state index is -0.300. The highest BCUT2D eigenvalue weighted by atomic mass is 16.5. The van der Waals surface area contributed by atoms with Gasteiger partial charge in [-0.3, -0.25) is 4.79 Å². The largest absolute Gasteiger partial charge is 0.493 e. The third kappa shape index (κ3) is 3.63. The summed E-state index contributed by atoms with van der Waals surface area (Å²) in [6.07, 6.45) is 1.20. The molecule has 2 aromatic carbocycles. The number of rotatable bonds is 6. The molecule has 0 N–H and O–H groups in total. The quantitative estimate of drug-likeness (QED) is 0.585. The fourth-order valence-corrected chi connectivity index (χ4v) is 3.46. The van der Waals surface area contributed by atoms with Crippen molar-refractivity contribution in [3.63, 3.8) is 0 Å². The van der Waals surface area contributed by atoms with Crippen molar-refractivity contribution in [2.75, 3.05) is 21.3 Å². The molecule has 0 saturated heterocycles. The van der Waals surface area contributed by atoms with Gasteiger partial charge in [-0.1, -0.05) is 24.3 Å². The van der Waals surface area contributed by atoms with E-state index in [0.717, 1.165) is 22.4 Å². The van der Waals surface area contributed by atoms with Crippen LogP contribution in [0, 0.1) is 0 Å². The van der Waals surface area contributed by atoms with Crippen LogP contribution in [0.25, 0.3) is 11.4 Å². The lowest BCUT2D eigenvalue weighted by Crippen LogP contribution is -2.10. The van der Waals surface area contributed by atoms with Crippen LogP contribution in [0.1, 0.15) is 23.4 Å². The molecule has 0 spiro atoms. The van der Waals surface area contributed by atoms with Gasteiger partial charge in [-0.15, -0.1) is 10.2 Å². The number of hydrogen-bond donors (Lipinski definition) is 0. The standard InChI is InChI=1S/C22H22N4O4/c1-28-18-9-8-15(13-19(18)29-2)17-12-14-6-4-5-7-16(14)22-24-23-20(26(22)25-17)10-11-21(27)30-3/h4-9,13H,10-12H2,1-3H3. The molecule has 0 radical (unpaired) electrons. The summed E-state index contributed by atoms with van der Waals surface area (Å²) in [5, 5.41) is 13.5. The first kappa shape index (κ1) is 19.6. The Morgan fingerprint density at radius 1 is 1.03 bits per heavy atom. The van der Waals surface area contributed by atoms with Crippen LogP contribution in [-0.4, -0.2) is 47.9 Å². The lowest BCUT2D eigenvalue weighted by atomic mass is 9.98. The predicted octanol–water partition coefficient (Wildman–Crippen LogP) is 2.88. The van der Waals surface area contributed by atoms with Crippen molar-refractivity contribution in [1.29, 1.82) is 0 Å². The highest BCUT2D eigenvalue weighted by molar-refractivity contribution is 6.03. The number of aromatic nitrogens is 3. The monoisotopic (exact) mass is 406 g/mol. The smallest absolute Gasteiger partial charge is 0.305 e. The Labute approximate surface area is 174 Å². The number of carbonyl (C=O) groups is 1. The summed E-state index contributed by atoms with van der Waals surface area (Å²) in [6.45, 7) is 0. The molecule has 4 rings (SSSR count). The molecule has 1 aliphatic heterocycles. The first-order valence-corrected chi connectivity index (χ1v) is 9.54. The maximum Gasteiger partial charge on any atom is 0.305 e. The summed E-state index contributed by atoms with van der Waals surface area (Å²) >= 11 is 0. The first-order chi connectivity index (χ1) is 14.6. The third-order valence-corrected chi connectivity index (χ3v) is 5.04. The number of esters is 1. The van der Waals surface area contributed by atoms with Gasteiger partial charge in [0.25, 0.3) is 0 Å². The van der Waals surface area contributed by atoms with Crippen LogP contribution in [0.2, 0.25) is 0 Å². The highest BCUT2D eigenvalue weighted by Crippen LogP contribution is 2.31. The van der Waals surface area contributed by atoms with Crippen molar-refractivity contribution >= 4 is 11.7 Å². The van der Waals surface area contributed by atoms with Gasteiger partial charge in [-0.2, -0.15) is 9.78 Å². The van der Waals surface area contributed by atoms with E-state index in [1.807, 2.05) is 36.4 Å². The third-order valence-electron chi connectivity index (χ3n) is 5.04. The summed E-state index contributed by atoms with van der Waals surface area (Å²) in [5.41, 5.74) is 3.80. The lowest BCUT2D eigenvalue weighted by molar-refractivity contribution is -0.140. The Hall–Kier alpha value is -3.68. The number of methoxy groups -OCH3 is 3. The van der Waals surface area contributed by atoms with Gasteiger partial charge in [0.2, 0.25) is 0 Å². The second-order valence-electron chi connectivity index (χ2n) is 6.78. The van der Waals surface area contributed by atoms with E-state index in [1.54, 1.807) is 18.9 Å². The fourth-order valence-electron chi connectivity index (χ4n) is 3.46.